The van der Waals surface area contributed by atoms with Gasteiger partial charge >= 0.3 is 0 Å². The Morgan fingerprint density at radius 1 is 0.953 bits per heavy atom. The smallest absolute Gasteiger partial charge is 0.290 e. The van der Waals surface area contributed by atoms with E-state index >= 15 is 0 Å². The number of ether oxygens (including phenoxy) is 1. The number of fused-ring (bicyclic) bond motifs is 1. The molecule has 1 N–H and O–H groups in total. The molecule has 224 valence electrons. The second-order valence-corrected chi connectivity index (χ2v) is 13.6. The molecule has 1 amide bonds. The van der Waals surface area contributed by atoms with Crippen LogP contribution >= 0.6 is 22.9 Å². The summed E-state index contributed by atoms with van der Waals surface area (Å²) in [5, 5.41) is 1.40. The van der Waals surface area contributed by atoms with Crippen LogP contribution < -0.4 is 9.46 Å². The molecule has 0 spiro atoms. The maximum Gasteiger partial charge on any atom is 0.290 e. The number of sulfonamides is 1. The lowest BCUT2D eigenvalue weighted by Gasteiger charge is -2.24. The normalized spacial score (nSPS) is 11.6. The Labute approximate surface area is 261 Å². The minimum Gasteiger partial charge on any atom is -0.493 e. The first-order valence-electron chi connectivity index (χ1n) is 14.1. The van der Waals surface area contributed by atoms with Gasteiger partial charge in [-0.2, -0.15) is 0 Å². The van der Waals surface area contributed by atoms with Gasteiger partial charge in [-0.25, -0.2) is 13.1 Å². The Bertz CT molecular complexity index is 1800. The second kappa shape index (κ2) is 13.8. The molecule has 0 unspecified atom stereocenters. The lowest BCUT2D eigenvalue weighted by Crippen LogP contribution is -2.30. The lowest BCUT2D eigenvalue weighted by molar-refractivity contribution is 0.0698. The van der Waals surface area contributed by atoms with E-state index in [9.17, 15) is 13.2 Å². The number of para-hydroxylation sites is 1. The van der Waals surface area contributed by atoms with Gasteiger partial charge in [-0.15, -0.1) is 11.3 Å². The number of carbonyl (C=O) groups excluding carboxylic acids is 1. The largest absolute Gasteiger partial charge is 0.493 e. The van der Waals surface area contributed by atoms with Crippen LogP contribution in [-0.4, -0.2) is 32.4 Å². The SMILES string of the molecule is CCCNS(=O)(=O)c1ccc(-c2cccc(CN(Cc3cc(Cl)ccc3OCCC)C(=O)c3cc4ccccc4o3)c2)s1. The number of furan rings is 1. The van der Waals surface area contributed by atoms with E-state index in [0.29, 0.717) is 35.9 Å². The van der Waals surface area contributed by atoms with E-state index in [1.54, 1.807) is 23.1 Å². The average molecular weight is 637 g/mol. The number of nitrogens with zero attached hydrogens (tertiary/aromatic N) is 1. The molecule has 5 aromatic rings. The first-order chi connectivity index (χ1) is 20.8. The summed E-state index contributed by atoms with van der Waals surface area (Å²) in [6, 6.07) is 25.9. The summed E-state index contributed by atoms with van der Waals surface area (Å²) in [5.74, 6) is 0.643. The zero-order valence-corrected chi connectivity index (χ0v) is 26.4. The molecule has 0 saturated carbocycles. The summed E-state index contributed by atoms with van der Waals surface area (Å²) in [6.07, 6.45) is 1.56. The summed E-state index contributed by atoms with van der Waals surface area (Å²) >= 11 is 7.58. The maximum absolute atomic E-state index is 14.0. The van der Waals surface area contributed by atoms with Crippen LogP contribution in [0.2, 0.25) is 5.02 Å². The molecule has 0 atom stereocenters. The van der Waals surface area contributed by atoms with Gasteiger partial charge in [0.25, 0.3) is 5.91 Å². The molecule has 0 radical (unpaired) electrons. The summed E-state index contributed by atoms with van der Waals surface area (Å²) in [7, 11) is -3.56. The predicted octanol–water partition coefficient (Wildman–Crippen LogP) is 8.13. The molecule has 43 heavy (non-hydrogen) atoms. The highest BCUT2D eigenvalue weighted by atomic mass is 35.5. The second-order valence-electron chi connectivity index (χ2n) is 10.1. The third kappa shape index (κ3) is 7.48. The van der Waals surface area contributed by atoms with Crippen molar-refractivity contribution in [2.45, 2.75) is 44.0 Å². The number of nitrogens with one attached hydrogen (secondary N) is 1. The third-order valence-corrected chi connectivity index (χ3v) is 10.1. The fourth-order valence-corrected chi connectivity index (χ4v) is 7.32. The van der Waals surface area contributed by atoms with Crippen molar-refractivity contribution in [1.82, 2.24) is 9.62 Å². The van der Waals surface area contributed by atoms with Crippen molar-refractivity contribution < 1.29 is 22.4 Å². The Morgan fingerprint density at radius 2 is 1.79 bits per heavy atom. The monoisotopic (exact) mass is 636 g/mol. The predicted molar refractivity (Wildman–Crippen MR) is 172 cm³/mol. The number of hydrogen-bond donors (Lipinski definition) is 1. The fourth-order valence-electron chi connectivity index (χ4n) is 4.64. The molecule has 7 nitrogen and oxygen atoms in total. The Kier molecular flexibility index (Phi) is 9.87. The number of rotatable bonds is 13. The number of amides is 1. The van der Waals surface area contributed by atoms with E-state index in [2.05, 4.69) is 4.72 Å². The molecular formula is C33H33ClN2O5S2. The highest BCUT2D eigenvalue weighted by Crippen LogP contribution is 2.32. The van der Waals surface area contributed by atoms with E-state index in [-0.39, 0.29) is 29.0 Å². The van der Waals surface area contributed by atoms with Crippen molar-refractivity contribution in [3.63, 3.8) is 0 Å². The van der Waals surface area contributed by atoms with Crippen LogP contribution in [0.15, 0.2) is 93.6 Å². The van der Waals surface area contributed by atoms with E-state index in [1.165, 1.54) is 11.3 Å². The van der Waals surface area contributed by atoms with Gasteiger partial charge in [-0.05, 0) is 72.5 Å². The van der Waals surface area contributed by atoms with Crippen LogP contribution in [0.1, 0.15) is 48.4 Å². The van der Waals surface area contributed by atoms with Gasteiger partial charge in [0.1, 0.15) is 15.5 Å². The molecule has 3 aromatic carbocycles. The van der Waals surface area contributed by atoms with Crippen molar-refractivity contribution in [1.29, 1.82) is 0 Å². The van der Waals surface area contributed by atoms with E-state index < -0.39 is 10.0 Å². The van der Waals surface area contributed by atoms with Crippen molar-refractivity contribution in [2.75, 3.05) is 13.2 Å². The Hall–Kier alpha value is -3.63. The van der Waals surface area contributed by atoms with Crippen LogP contribution in [0, 0.1) is 0 Å². The molecule has 0 bridgehead atoms. The minimum absolute atomic E-state index is 0.239. The van der Waals surface area contributed by atoms with Crippen LogP contribution in [0.4, 0.5) is 0 Å². The van der Waals surface area contributed by atoms with Gasteiger partial charge in [0, 0.05) is 33.9 Å². The van der Waals surface area contributed by atoms with Crippen molar-refractivity contribution in [2.24, 2.45) is 0 Å². The van der Waals surface area contributed by atoms with E-state index in [4.69, 9.17) is 20.8 Å². The average Bonchev–Trinajstić information content (AvgIpc) is 3.68. The lowest BCUT2D eigenvalue weighted by atomic mass is 10.1. The van der Waals surface area contributed by atoms with E-state index in [0.717, 1.165) is 33.4 Å². The Morgan fingerprint density at radius 3 is 2.58 bits per heavy atom. The van der Waals surface area contributed by atoms with Crippen molar-refractivity contribution in [3.05, 3.63) is 107 Å². The molecule has 0 aliphatic carbocycles. The van der Waals surface area contributed by atoms with Gasteiger partial charge in [0.15, 0.2) is 5.76 Å². The third-order valence-electron chi connectivity index (χ3n) is 6.74. The first-order valence-corrected chi connectivity index (χ1v) is 16.8. The highest BCUT2D eigenvalue weighted by Gasteiger charge is 2.23. The summed E-state index contributed by atoms with van der Waals surface area (Å²) in [4.78, 5) is 16.5. The van der Waals surface area contributed by atoms with Gasteiger partial charge in [0.2, 0.25) is 10.0 Å². The molecule has 0 saturated heterocycles. The number of benzene rings is 3. The molecule has 2 aromatic heterocycles. The van der Waals surface area contributed by atoms with Gasteiger partial charge in [-0.3, -0.25) is 4.79 Å². The molecular weight excluding hydrogens is 604 g/mol. The molecule has 0 aliphatic heterocycles. The summed E-state index contributed by atoms with van der Waals surface area (Å²) < 4.78 is 40.1. The van der Waals surface area contributed by atoms with Gasteiger partial charge in [-0.1, -0.05) is 61.8 Å². The maximum atomic E-state index is 14.0. The fraction of sp³-hybridized carbons (Fsp3) is 0.242. The number of halogens is 1. The molecule has 0 aliphatic rings. The molecule has 10 heteroatoms. The van der Waals surface area contributed by atoms with Crippen LogP contribution in [0.5, 0.6) is 5.75 Å². The summed E-state index contributed by atoms with van der Waals surface area (Å²) in [5.41, 5.74) is 3.17. The molecule has 5 rings (SSSR count). The standard InChI is InChI=1S/C33H33ClN2O5S2/c1-3-16-35-43(38,39)32-15-14-31(42-32)25-10-7-8-23(18-25)21-36(22-26-19-27(34)12-13-28(26)40-17-4-2)33(37)30-20-24-9-5-6-11-29(24)41-30/h5-15,18-20,35H,3-4,16-17,21-22H2,1-2H3. The number of hydrogen-bond acceptors (Lipinski definition) is 6. The molecule has 0 fully saturated rings. The quantitative estimate of drug-likeness (QED) is 0.141. The van der Waals surface area contributed by atoms with Crippen molar-refractivity contribution >= 4 is 49.8 Å². The first kappa shape index (κ1) is 30.8. The zero-order valence-electron chi connectivity index (χ0n) is 24.0. The topological polar surface area (TPSA) is 88.9 Å². The molecule has 2 heterocycles. The van der Waals surface area contributed by atoms with E-state index in [1.807, 2.05) is 80.6 Å². The number of carbonyl (C=O) groups is 1. The van der Waals surface area contributed by atoms with Crippen LogP contribution in [0.3, 0.4) is 0 Å². The van der Waals surface area contributed by atoms with Crippen LogP contribution in [0.25, 0.3) is 21.4 Å². The van der Waals surface area contributed by atoms with Crippen LogP contribution in [-0.2, 0) is 23.1 Å². The zero-order chi connectivity index (χ0) is 30.4. The van der Waals surface area contributed by atoms with Gasteiger partial charge < -0.3 is 14.1 Å². The summed E-state index contributed by atoms with van der Waals surface area (Å²) in [6.45, 7) is 5.40. The van der Waals surface area contributed by atoms with Gasteiger partial charge in [0.05, 0.1) is 13.2 Å². The minimum atomic E-state index is -3.56. The highest BCUT2D eigenvalue weighted by molar-refractivity contribution is 7.91. The number of thiophene rings is 1. The van der Waals surface area contributed by atoms with Crippen molar-refractivity contribution in [3.8, 4) is 16.2 Å². The Balaban J connectivity index is 1.47.